The van der Waals surface area contributed by atoms with E-state index >= 15 is 0 Å². The van der Waals surface area contributed by atoms with Crippen LogP contribution >= 0.6 is 0 Å². The van der Waals surface area contributed by atoms with Crippen LogP contribution in [0.3, 0.4) is 0 Å². The lowest BCUT2D eigenvalue weighted by Gasteiger charge is -2.42. The summed E-state index contributed by atoms with van der Waals surface area (Å²) in [5, 5.41) is 10.8. The highest BCUT2D eigenvalue weighted by molar-refractivity contribution is 5.91. The molecule has 0 spiro atoms. The van der Waals surface area contributed by atoms with Gasteiger partial charge in [0.2, 0.25) is 17.1 Å². The summed E-state index contributed by atoms with van der Waals surface area (Å²) in [5.41, 5.74) is 6.84. The average molecular weight is 612 g/mol. The molecule has 0 aliphatic carbocycles. The van der Waals surface area contributed by atoms with E-state index in [0.717, 1.165) is 18.7 Å². The lowest BCUT2D eigenvalue weighted by atomic mass is 9.83. The summed E-state index contributed by atoms with van der Waals surface area (Å²) < 4.78 is 18.6. The molecule has 45 heavy (non-hydrogen) atoms. The highest BCUT2D eigenvalue weighted by atomic mass is 16.5. The smallest absolute Gasteiger partial charge is 0.343 e. The number of likely N-dealkylation sites (tertiary alicyclic amines) is 1. The van der Waals surface area contributed by atoms with E-state index in [1.54, 1.807) is 60.7 Å². The van der Waals surface area contributed by atoms with E-state index < -0.39 is 29.0 Å². The SMILES string of the molecule is COc1ccc(C(=O)Oc2ccc([C@H](CC(N)=O)c3oc(CN4C[C@H]5C[C@@H](C4)c4cccc(=O)n4C5)cc(=O)c3O)cc2)cc1. The zero-order valence-electron chi connectivity index (χ0n) is 24.7. The molecule has 3 atom stereocenters. The van der Waals surface area contributed by atoms with Crippen LogP contribution < -0.4 is 26.2 Å². The third-order valence-electron chi connectivity index (χ3n) is 8.48. The van der Waals surface area contributed by atoms with E-state index in [4.69, 9.17) is 19.6 Å². The highest BCUT2D eigenvalue weighted by Gasteiger charge is 2.35. The molecule has 0 unspecified atom stereocenters. The molecule has 2 aromatic carbocycles. The Morgan fingerprint density at radius 2 is 1.73 bits per heavy atom. The molecule has 0 saturated carbocycles. The van der Waals surface area contributed by atoms with Gasteiger partial charge in [-0.2, -0.15) is 0 Å². The van der Waals surface area contributed by atoms with Gasteiger partial charge in [0.05, 0.1) is 25.1 Å². The molecule has 11 heteroatoms. The molecule has 6 rings (SSSR count). The highest BCUT2D eigenvalue weighted by Crippen LogP contribution is 2.37. The lowest BCUT2D eigenvalue weighted by Crippen LogP contribution is -2.46. The number of pyridine rings is 1. The van der Waals surface area contributed by atoms with Gasteiger partial charge < -0.3 is 29.3 Å². The van der Waals surface area contributed by atoms with E-state index in [9.17, 15) is 24.3 Å². The molecule has 11 nitrogen and oxygen atoms in total. The number of hydrogen-bond acceptors (Lipinski definition) is 9. The molecule has 1 fully saturated rings. The number of nitrogens with zero attached hydrogens (tertiary/aromatic N) is 2. The number of amides is 1. The van der Waals surface area contributed by atoms with Crippen molar-refractivity contribution < 1.29 is 28.6 Å². The molecule has 232 valence electrons. The summed E-state index contributed by atoms with van der Waals surface area (Å²) in [7, 11) is 1.53. The molecule has 2 bridgehead atoms. The molecule has 4 heterocycles. The van der Waals surface area contributed by atoms with Crippen molar-refractivity contribution in [3.05, 3.63) is 122 Å². The summed E-state index contributed by atoms with van der Waals surface area (Å²) in [6, 6.07) is 19.5. The van der Waals surface area contributed by atoms with Gasteiger partial charge in [-0.05, 0) is 60.4 Å². The summed E-state index contributed by atoms with van der Waals surface area (Å²) in [6.45, 7) is 2.36. The Bertz CT molecular complexity index is 1850. The number of aromatic nitrogens is 1. The second-order valence-electron chi connectivity index (χ2n) is 11.6. The van der Waals surface area contributed by atoms with Gasteiger partial charge in [0.25, 0.3) is 5.56 Å². The Labute approximate surface area is 258 Å². The fourth-order valence-electron chi connectivity index (χ4n) is 6.44. The number of rotatable bonds is 9. The first-order chi connectivity index (χ1) is 21.7. The number of piperidine rings is 1. The van der Waals surface area contributed by atoms with Gasteiger partial charge in [-0.25, -0.2) is 4.79 Å². The fraction of sp³-hybridized carbons (Fsp3) is 0.294. The second-order valence-corrected chi connectivity index (χ2v) is 11.6. The molecule has 1 saturated heterocycles. The largest absolute Gasteiger partial charge is 0.502 e. The number of aromatic hydroxyl groups is 1. The Hall–Kier alpha value is -5.16. The number of nitrogens with two attached hydrogens (primary N) is 1. The Morgan fingerprint density at radius 3 is 2.44 bits per heavy atom. The van der Waals surface area contributed by atoms with Crippen LogP contribution in [0.1, 0.15) is 57.8 Å². The molecule has 2 aromatic heterocycles. The number of benzene rings is 2. The minimum Gasteiger partial charge on any atom is -0.502 e. The molecule has 2 aliphatic rings. The van der Waals surface area contributed by atoms with Crippen molar-refractivity contribution in [3.63, 3.8) is 0 Å². The quantitative estimate of drug-likeness (QED) is 0.214. The first kappa shape index (κ1) is 29.9. The van der Waals surface area contributed by atoms with Gasteiger partial charge >= 0.3 is 5.97 Å². The number of esters is 1. The van der Waals surface area contributed by atoms with Crippen molar-refractivity contribution in [2.45, 2.75) is 37.8 Å². The van der Waals surface area contributed by atoms with Crippen molar-refractivity contribution in [2.24, 2.45) is 11.7 Å². The summed E-state index contributed by atoms with van der Waals surface area (Å²) >= 11 is 0. The van der Waals surface area contributed by atoms with Gasteiger partial charge in [-0.15, -0.1) is 0 Å². The van der Waals surface area contributed by atoms with Crippen LogP contribution in [0, 0.1) is 5.92 Å². The predicted molar refractivity (Wildman–Crippen MR) is 164 cm³/mol. The van der Waals surface area contributed by atoms with Gasteiger partial charge in [0.1, 0.15) is 17.3 Å². The second kappa shape index (κ2) is 12.4. The summed E-state index contributed by atoms with van der Waals surface area (Å²) in [6.07, 6.45) is 0.751. The Morgan fingerprint density at radius 1 is 1.00 bits per heavy atom. The van der Waals surface area contributed by atoms with E-state index in [0.29, 0.717) is 42.3 Å². The van der Waals surface area contributed by atoms with Crippen LogP contribution in [0.25, 0.3) is 0 Å². The van der Waals surface area contributed by atoms with Crippen molar-refractivity contribution >= 4 is 11.9 Å². The standard InChI is InChI=1S/C34H33N3O8/c1-43-24-9-7-22(8-10-24)34(42)45-25-11-5-21(6-12-25)27(15-30(35)39)33-32(41)29(38)14-26(44-33)19-36-16-20-13-23(18-36)28-3-2-4-31(40)37(28)17-20/h2-12,14,20,23,27,41H,13,15-19H2,1H3,(H2,35,39)/t20-,23+,27+/m1/s1. The summed E-state index contributed by atoms with van der Waals surface area (Å²) in [5.74, 6) is -1.06. The van der Waals surface area contributed by atoms with Crippen LogP contribution in [0.15, 0.2) is 86.8 Å². The number of methoxy groups -OCH3 is 1. The zero-order chi connectivity index (χ0) is 31.7. The normalized spacial score (nSPS) is 18.1. The average Bonchev–Trinajstić information content (AvgIpc) is 3.02. The Kier molecular flexibility index (Phi) is 8.27. The van der Waals surface area contributed by atoms with Crippen LogP contribution in [-0.2, 0) is 17.9 Å². The van der Waals surface area contributed by atoms with Gasteiger partial charge in [-0.1, -0.05) is 18.2 Å². The van der Waals surface area contributed by atoms with E-state index in [2.05, 4.69) is 4.90 Å². The molecule has 1 amide bonds. The first-order valence-electron chi connectivity index (χ1n) is 14.7. The van der Waals surface area contributed by atoms with E-state index in [1.165, 1.54) is 13.2 Å². The molecule has 2 aliphatic heterocycles. The van der Waals surface area contributed by atoms with E-state index in [-0.39, 0.29) is 35.3 Å². The third-order valence-corrected chi connectivity index (χ3v) is 8.48. The number of primary amides is 1. The first-order valence-corrected chi connectivity index (χ1v) is 14.7. The minimum atomic E-state index is -0.860. The number of carbonyl (C=O) groups excluding carboxylic acids is 2. The van der Waals surface area contributed by atoms with Crippen LogP contribution in [-0.4, -0.2) is 46.6 Å². The lowest BCUT2D eigenvalue weighted by molar-refractivity contribution is -0.118. The number of hydrogen-bond donors (Lipinski definition) is 2. The maximum atomic E-state index is 12.9. The number of fused-ring (bicyclic) bond motifs is 4. The molecule has 3 N–H and O–H groups in total. The van der Waals surface area contributed by atoms with Crippen LogP contribution in [0.4, 0.5) is 0 Å². The van der Waals surface area contributed by atoms with Crippen LogP contribution in [0.2, 0.25) is 0 Å². The van der Waals surface area contributed by atoms with Gasteiger partial charge in [0.15, 0.2) is 5.76 Å². The molecular weight excluding hydrogens is 578 g/mol. The van der Waals surface area contributed by atoms with Crippen LogP contribution in [0.5, 0.6) is 17.2 Å². The van der Waals surface area contributed by atoms with Crippen molar-refractivity contribution in [2.75, 3.05) is 20.2 Å². The fourth-order valence-corrected chi connectivity index (χ4v) is 6.44. The molecule has 4 aromatic rings. The number of ether oxygens (including phenoxy) is 2. The van der Waals surface area contributed by atoms with Gasteiger partial charge in [0, 0.05) is 49.8 Å². The maximum Gasteiger partial charge on any atom is 0.343 e. The maximum absolute atomic E-state index is 12.9. The molecule has 0 radical (unpaired) electrons. The summed E-state index contributed by atoms with van der Waals surface area (Å²) in [4.78, 5) is 52.2. The monoisotopic (exact) mass is 611 g/mol. The van der Waals surface area contributed by atoms with Gasteiger partial charge in [-0.3, -0.25) is 19.3 Å². The Balaban J connectivity index is 1.22. The van der Waals surface area contributed by atoms with Crippen molar-refractivity contribution in [1.29, 1.82) is 0 Å². The van der Waals surface area contributed by atoms with Crippen molar-refractivity contribution in [3.8, 4) is 17.2 Å². The van der Waals surface area contributed by atoms with E-state index in [1.807, 2.05) is 10.6 Å². The molecular formula is C34H33N3O8. The zero-order valence-corrected chi connectivity index (χ0v) is 24.7. The number of carbonyl (C=O) groups is 2. The minimum absolute atomic E-state index is 0.00810. The third kappa shape index (κ3) is 6.39. The van der Waals surface area contributed by atoms with Crippen molar-refractivity contribution in [1.82, 2.24) is 9.47 Å². The topological polar surface area (TPSA) is 154 Å². The predicted octanol–water partition coefficient (Wildman–Crippen LogP) is 3.36.